The molecule has 0 atom stereocenters. The van der Waals surface area contributed by atoms with Gasteiger partial charge in [0.2, 0.25) is 5.91 Å². The summed E-state index contributed by atoms with van der Waals surface area (Å²) in [6, 6.07) is 8.12. The highest BCUT2D eigenvalue weighted by molar-refractivity contribution is 7.99. The molecule has 0 saturated carbocycles. The number of hydrogen-bond donors (Lipinski definition) is 1. The van der Waals surface area contributed by atoms with E-state index >= 15 is 0 Å². The SMILES string of the molecule is O=C(CCn1cnc2sccc2c1=O)NCCCSc1ccc(F)cc1. The molecule has 0 radical (unpaired) electrons. The lowest BCUT2D eigenvalue weighted by Gasteiger charge is -2.07. The lowest BCUT2D eigenvalue weighted by molar-refractivity contribution is -0.121. The Hall–Kier alpha value is -2.19. The number of halogens is 1. The Morgan fingerprint density at radius 1 is 1.27 bits per heavy atom. The lowest BCUT2D eigenvalue weighted by Crippen LogP contribution is -2.28. The van der Waals surface area contributed by atoms with E-state index in [-0.39, 0.29) is 23.7 Å². The number of carbonyl (C=O) groups is 1. The fourth-order valence-corrected chi connectivity index (χ4v) is 3.96. The number of carbonyl (C=O) groups excluding carboxylic acids is 1. The van der Waals surface area contributed by atoms with Crippen LogP contribution in [0.25, 0.3) is 10.2 Å². The highest BCUT2D eigenvalue weighted by atomic mass is 32.2. The van der Waals surface area contributed by atoms with E-state index in [4.69, 9.17) is 0 Å². The third-order valence-corrected chi connectivity index (χ3v) is 5.67. The zero-order chi connectivity index (χ0) is 18.4. The van der Waals surface area contributed by atoms with Gasteiger partial charge in [0.25, 0.3) is 5.56 Å². The molecular weight excluding hydrogens is 373 g/mol. The van der Waals surface area contributed by atoms with Crippen LogP contribution in [0.15, 0.2) is 51.7 Å². The minimum atomic E-state index is -0.242. The van der Waals surface area contributed by atoms with Crippen molar-refractivity contribution in [2.75, 3.05) is 12.3 Å². The van der Waals surface area contributed by atoms with Crippen molar-refractivity contribution < 1.29 is 9.18 Å². The predicted octanol–water partition coefficient (Wildman–Crippen LogP) is 3.29. The van der Waals surface area contributed by atoms with E-state index in [0.29, 0.717) is 23.3 Å². The fraction of sp³-hybridized carbons (Fsp3) is 0.278. The topological polar surface area (TPSA) is 64.0 Å². The summed E-state index contributed by atoms with van der Waals surface area (Å²) in [5, 5.41) is 5.28. The number of thiophene rings is 1. The number of aromatic nitrogens is 2. The van der Waals surface area contributed by atoms with Crippen molar-refractivity contribution in [2.24, 2.45) is 0 Å². The van der Waals surface area contributed by atoms with Crippen molar-refractivity contribution in [3.05, 3.63) is 58.2 Å². The van der Waals surface area contributed by atoms with Crippen molar-refractivity contribution in [2.45, 2.75) is 24.3 Å². The van der Waals surface area contributed by atoms with Crippen molar-refractivity contribution in [3.63, 3.8) is 0 Å². The summed E-state index contributed by atoms with van der Waals surface area (Å²) in [7, 11) is 0. The molecule has 8 heteroatoms. The number of aryl methyl sites for hydroxylation is 1. The van der Waals surface area contributed by atoms with Crippen LogP contribution in [-0.4, -0.2) is 27.8 Å². The van der Waals surface area contributed by atoms with Gasteiger partial charge in [0.15, 0.2) is 0 Å². The molecule has 26 heavy (non-hydrogen) atoms. The van der Waals surface area contributed by atoms with Crippen molar-refractivity contribution in [3.8, 4) is 0 Å². The molecule has 0 saturated heterocycles. The second kappa shape index (κ2) is 8.95. The molecule has 1 amide bonds. The Labute approximate surface area is 158 Å². The third kappa shape index (κ3) is 4.92. The maximum atomic E-state index is 12.8. The van der Waals surface area contributed by atoms with Crippen LogP contribution in [0.2, 0.25) is 0 Å². The molecule has 2 aromatic heterocycles. The maximum absolute atomic E-state index is 12.8. The van der Waals surface area contributed by atoms with Crippen LogP contribution in [0.1, 0.15) is 12.8 Å². The summed E-state index contributed by atoms with van der Waals surface area (Å²) in [4.78, 5) is 30.1. The first kappa shape index (κ1) is 18.6. The van der Waals surface area contributed by atoms with Gasteiger partial charge in [0.1, 0.15) is 10.6 Å². The Balaban J connectivity index is 1.36. The van der Waals surface area contributed by atoms with Gasteiger partial charge < -0.3 is 5.32 Å². The molecule has 3 aromatic rings. The first-order valence-corrected chi connectivity index (χ1v) is 10.1. The van der Waals surface area contributed by atoms with Crippen LogP contribution in [0.4, 0.5) is 4.39 Å². The highest BCUT2D eigenvalue weighted by Gasteiger charge is 2.07. The van der Waals surface area contributed by atoms with Crippen molar-refractivity contribution in [1.82, 2.24) is 14.9 Å². The van der Waals surface area contributed by atoms with E-state index in [0.717, 1.165) is 17.1 Å². The van der Waals surface area contributed by atoms with Crippen LogP contribution in [0, 0.1) is 5.82 Å². The van der Waals surface area contributed by atoms with Crippen molar-refractivity contribution >= 4 is 39.2 Å². The van der Waals surface area contributed by atoms with E-state index < -0.39 is 0 Å². The minimum absolute atomic E-state index is 0.0888. The van der Waals surface area contributed by atoms with Gasteiger partial charge in [-0.3, -0.25) is 14.2 Å². The van der Waals surface area contributed by atoms with Gasteiger partial charge in [-0.05, 0) is 47.9 Å². The molecular formula is C18H18FN3O2S2. The average Bonchev–Trinajstić information content (AvgIpc) is 3.12. The van der Waals surface area contributed by atoms with Gasteiger partial charge >= 0.3 is 0 Å². The molecule has 0 fully saturated rings. The van der Waals surface area contributed by atoms with E-state index in [1.165, 1.54) is 34.4 Å². The summed E-state index contributed by atoms with van der Waals surface area (Å²) < 4.78 is 14.3. The molecule has 0 aliphatic heterocycles. The van der Waals surface area contributed by atoms with Crippen LogP contribution in [0.3, 0.4) is 0 Å². The van der Waals surface area contributed by atoms with Crippen molar-refractivity contribution in [1.29, 1.82) is 0 Å². The maximum Gasteiger partial charge on any atom is 0.262 e. The molecule has 2 heterocycles. The van der Waals surface area contributed by atoms with E-state index in [9.17, 15) is 14.0 Å². The molecule has 0 bridgehead atoms. The first-order chi connectivity index (χ1) is 12.6. The van der Waals surface area contributed by atoms with Crippen LogP contribution >= 0.6 is 23.1 Å². The molecule has 5 nitrogen and oxygen atoms in total. The van der Waals surface area contributed by atoms with Gasteiger partial charge in [-0.25, -0.2) is 9.37 Å². The van der Waals surface area contributed by atoms with E-state index in [2.05, 4.69) is 10.3 Å². The normalized spacial score (nSPS) is 11.0. The number of nitrogens with zero attached hydrogens (tertiary/aromatic N) is 2. The summed E-state index contributed by atoms with van der Waals surface area (Å²) in [6.45, 7) is 0.886. The standard InChI is InChI=1S/C18H18FN3O2S2/c19-13-2-4-14(5-3-13)25-10-1-8-20-16(23)6-9-22-12-21-17-15(18(22)24)7-11-26-17/h2-5,7,11-12H,1,6,8-10H2,(H,20,23). The lowest BCUT2D eigenvalue weighted by atomic mass is 10.3. The zero-order valence-electron chi connectivity index (χ0n) is 14.0. The number of hydrogen-bond acceptors (Lipinski definition) is 5. The summed E-state index contributed by atoms with van der Waals surface area (Å²) >= 11 is 3.05. The zero-order valence-corrected chi connectivity index (χ0v) is 15.6. The molecule has 0 aliphatic carbocycles. The molecule has 1 N–H and O–H groups in total. The number of benzene rings is 1. The summed E-state index contributed by atoms with van der Waals surface area (Å²) in [5.74, 6) is 0.507. The largest absolute Gasteiger partial charge is 0.356 e. The van der Waals surface area contributed by atoms with E-state index in [1.54, 1.807) is 30.0 Å². The number of rotatable bonds is 8. The minimum Gasteiger partial charge on any atom is -0.356 e. The Kier molecular flexibility index (Phi) is 6.40. The molecule has 136 valence electrons. The number of nitrogens with one attached hydrogen (secondary N) is 1. The number of fused-ring (bicyclic) bond motifs is 1. The first-order valence-electron chi connectivity index (χ1n) is 8.21. The third-order valence-electron chi connectivity index (χ3n) is 3.76. The molecule has 0 unspecified atom stereocenters. The Morgan fingerprint density at radius 3 is 2.88 bits per heavy atom. The summed E-state index contributed by atoms with van der Waals surface area (Å²) in [6.07, 6.45) is 2.55. The van der Waals surface area contributed by atoms with Gasteiger partial charge in [0.05, 0.1) is 11.7 Å². The molecule has 0 spiro atoms. The quantitative estimate of drug-likeness (QED) is 0.473. The Morgan fingerprint density at radius 2 is 2.08 bits per heavy atom. The highest BCUT2D eigenvalue weighted by Crippen LogP contribution is 2.18. The number of thioether (sulfide) groups is 1. The molecule has 3 rings (SSSR count). The van der Waals surface area contributed by atoms with Gasteiger partial charge in [0, 0.05) is 24.4 Å². The Bertz CT molecular complexity index is 938. The average molecular weight is 391 g/mol. The molecule has 1 aromatic carbocycles. The van der Waals surface area contributed by atoms with Gasteiger partial charge in [-0.2, -0.15) is 0 Å². The monoisotopic (exact) mass is 391 g/mol. The summed E-state index contributed by atoms with van der Waals surface area (Å²) in [5.41, 5.74) is -0.111. The molecule has 0 aliphatic rings. The van der Waals surface area contributed by atoms with Gasteiger partial charge in [-0.1, -0.05) is 0 Å². The van der Waals surface area contributed by atoms with Crippen LogP contribution < -0.4 is 10.9 Å². The van der Waals surface area contributed by atoms with E-state index in [1.807, 2.05) is 5.38 Å². The fourth-order valence-electron chi connectivity index (χ4n) is 2.38. The predicted molar refractivity (Wildman–Crippen MR) is 103 cm³/mol. The second-order valence-electron chi connectivity index (χ2n) is 5.64. The second-order valence-corrected chi connectivity index (χ2v) is 7.70. The number of amides is 1. The van der Waals surface area contributed by atoms with Crippen LogP contribution in [0.5, 0.6) is 0 Å². The smallest absolute Gasteiger partial charge is 0.262 e. The van der Waals surface area contributed by atoms with Gasteiger partial charge in [-0.15, -0.1) is 23.1 Å². The van der Waals surface area contributed by atoms with Crippen LogP contribution in [-0.2, 0) is 11.3 Å².